The second-order valence-electron chi connectivity index (χ2n) is 3.54. The average molecular weight is 234 g/mol. The van der Waals surface area contributed by atoms with Gasteiger partial charge in [0.05, 0.1) is 7.11 Å². The topological polar surface area (TPSA) is 39.4 Å². The van der Waals surface area contributed by atoms with Crippen LogP contribution >= 0.6 is 0 Å². The maximum atomic E-state index is 13.8. The zero-order chi connectivity index (χ0) is 12.4. The molecule has 1 heterocycles. The van der Waals surface area contributed by atoms with E-state index in [1.165, 1.54) is 13.2 Å². The van der Waals surface area contributed by atoms with Crippen molar-refractivity contribution in [3.8, 4) is 5.75 Å². The number of methoxy groups -OCH3 is 1. The first-order valence-corrected chi connectivity index (χ1v) is 5.07. The molecule has 0 N–H and O–H groups in total. The lowest BCUT2D eigenvalue weighted by atomic mass is 10.1. The van der Waals surface area contributed by atoms with Gasteiger partial charge in [-0.1, -0.05) is 12.1 Å². The van der Waals surface area contributed by atoms with Crippen molar-refractivity contribution in [3.63, 3.8) is 0 Å². The number of hydrogen-bond donors (Lipinski definition) is 0. The summed E-state index contributed by atoms with van der Waals surface area (Å²) in [6.07, 6.45) is 2.04. The van der Waals surface area contributed by atoms with Crippen LogP contribution in [-0.2, 0) is 6.42 Å². The molecule has 0 saturated carbocycles. The highest BCUT2D eigenvalue weighted by Gasteiger charge is 2.13. The number of allylic oxidation sites excluding steroid dienone is 1. The van der Waals surface area contributed by atoms with Gasteiger partial charge < -0.3 is 9.15 Å². The van der Waals surface area contributed by atoms with Crippen LogP contribution in [0.5, 0.6) is 5.75 Å². The van der Waals surface area contributed by atoms with Crippen molar-refractivity contribution in [2.24, 2.45) is 0 Å². The molecule has 0 aliphatic heterocycles. The van der Waals surface area contributed by atoms with Crippen LogP contribution in [0.25, 0.3) is 10.8 Å². The average Bonchev–Trinajstić information content (AvgIpc) is 2.29. The first kappa shape index (κ1) is 11.4. The van der Waals surface area contributed by atoms with Gasteiger partial charge in [-0.2, -0.15) is 0 Å². The lowest BCUT2D eigenvalue weighted by molar-refractivity contribution is 0.387. The summed E-state index contributed by atoms with van der Waals surface area (Å²) in [7, 11) is 1.35. The van der Waals surface area contributed by atoms with Gasteiger partial charge in [0.1, 0.15) is 11.1 Å². The Morgan fingerprint density at radius 2 is 2.29 bits per heavy atom. The molecule has 0 fully saturated rings. The first-order chi connectivity index (χ1) is 8.17. The van der Waals surface area contributed by atoms with E-state index in [1.54, 1.807) is 18.2 Å². The molecule has 0 spiro atoms. The van der Waals surface area contributed by atoms with Gasteiger partial charge in [0.2, 0.25) is 0 Å². The second-order valence-corrected chi connectivity index (χ2v) is 3.54. The molecule has 1 aromatic carbocycles. The molecule has 4 heteroatoms. The molecule has 88 valence electrons. The number of halogens is 1. The highest BCUT2D eigenvalue weighted by atomic mass is 19.1. The maximum Gasteiger partial charge on any atom is 0.346 e. The molecule has 2 rings (SSSR count). The van der Waals surface area contributed by atoms with Crippen LogP contribution in [-0.4, -0.2) is 7.11 Å². The molecule has 0 amide bonds. The number of rotatable bonds is 3. The minimum absolute atomic E-state index is 0.0290. The Labute approximate surface area is 97.1 Å². The summed E-state index contributed by atoms with van der Waals surface area (Å²) in [5.74, 6) is -0.202. The van der Waals surface area contributed by atoms with Gasteiger partial charge in [0.15, 0.2) is 11.6 Å². The first-order valence-electron chi connectivity index (χ1n) is 5.07. The van der Waals surface area contributed by atoms with Crippen molar-refractivity contribution >= 4 is 10.8 Å². The van der Waals surface area contributed by atoms with Crippen LogP contribution in [0, 0.1) is 5.82 Å². The smallest absolute Gasteiger partial charge is 0.346 e. The normalized spacial score (nSPS) is 10.5. The molecule has 3 nitrogen and oxygen atoms in total. The summed E-state index contributed by atoms with van der Waals surface area (Å²) in [4.78, 5) is 11.7. The highest BCUT2D eigenvalue weighted by molar-refractivity contribution is 5.83. The quantitative estimate of drug-likeness (QED) is 0.766. The minimum atomic E-state index is -0.698. The Bertz CT molecular complexity index is 628. The van der Waals surface area contributed by atoms with Gasteiger partial charge >= 0.3 is 5.63 Å². The van der Waals surface area contributed by atoms with E-state index in [2.05, 4.69) is 6.58 Å². The fourth-order valence-corrected chi connectivity index (χ4v) is 1.67. The van der Waals surface area contributed by atoms with E-state index in [1.807, 2.05) is 0 Å². The van der Waals surface area contributed by atoms with E-state index in [4.69, 9.17) is 9.15 Å². The van der Waals surface area contributed by atoms with Crippen LogP contribution in [0.1, 0.15) is 5.76 Å². The zero-order valence-corrected chi connectivity index (χ0v) is 9.33. The van der Waals surface area contributed by atoms with E-state index >= 15 is 0 Å². The predicted octanol–water partition coefficient (Wildman–Crippen LogP) is 2.67. The minimum Gasteiger partial charge on any atom is -0.494 e. The van der Waals surface area contributed by atoms with Gasteiger partial charge in [-0.25, -0.2) is 9.18 Å². The Morgan fingerprint density at radius 3 is 2.94 bits per heavy atom. The number of ether oxygens (including phenoxy) is 1. The summed E-state index contributed by atoms with van der Waals surface area (Å²) in [6, 6.07) is 4.73. The molecule has 0 aliphatic rings. The summed E-state index contributed by atoms with van der Waals surface area (Å²) in [6.45, 7) is 3.55. The van der Waals surface area contributed by atoms with Crippen molar-refractivity contribution in [3.05, 3.63) is 52.9 Å². The van der Waals surface area contributed by atoms with E-state index in [0.717, 1.165) is 0 Å². The molecule has 2 aromatic rings. The van der Waals surface area contributed by atoms with E-state index in [9.17, 15) is 9.18 Å². The predicted molar refractivity (Wildman–Crippen MR) is 62.9 cm³/mol. The largest absolute Gasteiger partial charge is 0.494 e. The van der Waals surface area contributed by atoms with Crippen molar-refractivity contribution < 1.29 is 13.5 Å². The van der Waals surface area contributed by atoms with Gasteiger partial charge in [-0.15, -0.1) is 6.58 Å². The molecule has 0 aliphatic carbocycles. The lowest BCUT2D eigenvalue weighted by Gasteiger charge is -2.05. The molecule has 0 bridgehead atoms. The Morgan fingerprint density at radius 1 is 1.53 bits per heavy atom. The third-order valence-corrected chi connectivity index (χ3v) is 2.45. The molecule has 0 atom stereocenters. The summed E-state index contributed by atoms with van der Waals surface area (Å²) >= 11 is 0. The second kappa shape index (κ2) is 4.41. The Kier molecular flexibility index (Phi) is 2.95. The SMILES string of the molecule is C=CCc1cc2ccc(OC)c(F)c2c(=O)o1. The highest BCUT2D eigenvalue weighted by Crippen LogP contribution is 2.24. The summed E-state index contributed by atoms with van der Waals surface area (Å²) < 4.78 is 23.6. The van der Waals surface area contributed by atoms with Crippen LogP contribution in [0.4, 0.5) is 4.39 Å². The van der Waals surface area contributed by atoms with E-state index in [0.29, 0.717) is 17.6 Å². The van der Waals surface area contributed by atoms with Crippen LogP contribution < -0.4 is 10.4 Å². The Hall–Kier alpha value is -2.10. The van der Waals surface area contributed by atoms with E-state index in [-0.39, 0.29) is 11.1 Å². The fraction of sp³-hybridized carbons (Fsp3) is 0.154. The zero-order valence-electron chi connectivity index (χ0n) is 9.33. The van der Waals surface area contributed by atoms with Crippen LogP contribution in [0.3, 0.4) is 0 Å². The maximum absolute atomic E-state index is 13.8. The van der Waals surface area contributed by atoms with Crippen molar-refractivity contribution in [1.82, 2.24) is 0 Å². The monoisotopic (exact) mass is 234 g/mol. The molecule has 0 radical (unpaired) electrons. The van der Waals surface area contributed by atoms with Crippen molar-refractivity contribution in [2.75, 3.05) is 7.11 Å². The molecule has 0 saturated heterocycles. The van der Waals surface area contributed by atoms with Crippen LogP contribution in [0.15, 0.2) is 40.1 Å². The van der Waals surface area contributed by atoms with Gasteiger partial charge in [0, 0.05) is 6.42 Å². The number of fused-ring (bicyclic) bond motifs is 1. The number of benzene rings is 1. The molecular weight excluding hydrogens is 223 g/mol. The fourth-order valence-electron chi connectivity index (χ4n) is 1.67. The van der Waals surface area contributed by atoms with Crippen molar-refractivity contribution in [2.45, 2.75) is 6.42 Å². The Balaban J connectivity index is 2.76. The lowest BCUT2D eigenvalue weighted by Crippen LogP contribution is -2.05. The standard InChI is InChI=1S/C13H11FO3/c1-3-4-9-7-8-5-6-10(16-2)12(14)11(8)13(15)17-9/h3,5-7H,1,4H2,2H3. The summed E-state index contributed by atoms with van der Waals surface area (Å²) in [5, 5.41) is 0.411. The van der Waals surface area contributed by atoms with Crippen LogP contribution in [0.2, 0.25) is 0 Å². The third kappa shape index (κ3) is 1.93. The molecular formula is C13H11FO3. The van der Waals surface area contributed by atoms with E-state index < -0.39 is 11.4 Å². The van der Waals surface area contributed by atoms with Crippen molar-refractivity contribution in [1.29, 1.82) is 0 Å². The van der Waals surface area contributed by atoms with Gasteiger partial charge in [0.25, 0.3) is 0 Å². The third-order valence-electron chi connectivity index (χ3n) is 2.45. The number of hydrogen-bond acceptors (Lipinski definition) is 3. The van der Waals surface area contributed by atoms with Gasteiger partial charge in [-0.3, -0.25) is 0 Å². The molecule has 0 unspecified atom stereocenters. The summed E-state index contributed by atoms with van der Waals surface area (Å²) in [5.41, 5.74) is -0.698. The van der Waals surface area contributed by atoms with Gasteiger partial charge in [-0.05, 0) is 17.5 Å². The molecule has 17 heavy (non-hydrogen) atoms. The molecule has 1 aromatic heterocycles.